The average molecular weight is 379 g/mol. The van der Waals surface area contributed by atoms with Crippen LogP contribution in [0.25, 0.3) is 0 Å². The van der Waals surface area contributed by atoms with E-state index in [1.165, 1.54) is 31.8 Å². The van der Waals surface area contributed by atoms with E-state index in [4.69, 9.17) is 17.3 Å². The van der Waals surface area contributed by atoms with E-state index in [1.807, 2.05) is 0 Å². The van der Waals surface area contributed by atoms with Crippen molar-refractivity contribution in [3.05, 3.63) is 28.3 Å². The maximum atomic E-state index is 12.9. The lowest BCUT2D eigenvalue weighted by atomic mass is 10.2. The van der Waals surface area contributed by atoms with E-state index in [9.17, 15) is 22.8 Å². The van der Waals surface area contributed by atoms with E-state index in [2.05, 4.69) is 15.5 Å². The molecule has 1 atom stereocenters. The highest BCUT2D eigenvalue weighted by atomic mass is 35.5. The van der Waals surface area contributed by atoms with Crippen LogP contribution in [0.5, 0.6) is 0 Å². The van der Waals surface area contributed by atoms with E-state index < -0.39 is 34.7 Å². The minimum absolute atomic E-state index is 0.0158. The molecule has 0 aliphatic heterocycles. The standard InChI is InChI=1S/C13H14ClF3N6O2/c1-5-8(14)10(13(15,16)17)21-23(5)6(2)12(25)19-7-4-22(3)20-9(7)11(18)24/h4,6H,1-3H3,(H2,18,24)(H,19,25)/t6-/m1/s1. The zero-order valence-electron chi connectivity index (χ0n) is 13.3. The van der Waals surface area contributed by atoms with Gasteiger partial charge in [0.05, 0.1) is 16.4 Å². The van der Waals surface area contributed by atoms with Gasteiger partial charge in [0.25, 0.3) is 5.91 Å². The molecule has 2 rings (SSSR count). The minimum atomic E-state index is -4.74. The van der Waals surface area contributed by atoms with Gasteiger partial charge < -0.3 is 11.1 Å². The number of nitrogens with two attached hydrogens (primary N) is 1. The number of primary amides is 1. The Morgan fingerprint density at radius 3 is 2.44 bits per heavy atom. The molecule has 0 aliphatic carbocycles. The molecule has 0 bridgehead atoms. The van der Waals surface area contributed by atoms with Crippen LogP contribution >= 0.6 is 11.6 Å². The topological polar surface area (TPSA) is 108 Å². The highest BCUT2D eigenvalue weighted by Crippen LogP contribution is 2.36. The fourth-order valence-corrected chi connectivity index (χ4v) is 2.40. The van der Waals surface area contributed by atoms with Gasteiger partial charge >= 0.3 is 6.18 Å². The van der Waals surface area contributed by atoms with E-state index in [0.717, 1.165) is 4.68 Å². The van der Waals surface area contributed by atoms with Crippen LogP contribution in [-0.2, 0) is 18.0 Å². The molecule has 136 valence electrons. The molecular weight excluding hydrogens is 365 g/mol. The van der Waals surface area contributed by atoms with Crippen LogP contribution in [-0.4, -0.2) is 31.4 Å². The largest absolute Gasteiger partial charge is 0.436 e. The number of aromatic nitrogens is 4. The van der Waals surface area contributed by atoms with Crippen molar-refractivity contribution in [2.24, 2.45) is 12.8 Å². The van der Waals surface area contributed by atoms with Gasteiger partial charge in [-0.3, -0.25) is 19.0 Å². The SMILES string of the molecule is Cc1c(Cl)c(C(F)(F)F)nn1[C@H](C)C(=O)Nc1cn(C)nc1C(N)=O. The number of halogens is 4. The molecule has 2 amide bonds. The second-order valence-corrected chi connectivity index (χ2v) is 5.66. The Morgan fingerprint density at radius 2 is 1.96 bits per heavy atom. The van der Waals surface area contributed by atoms with Crippen LogP contribution in [0.2, 0.25) is 5.02 Å². The summed E-state index contributed by atoms with van der Waals surface area (Å²) in [5.74, 6) is -1.58. The Hall–Kier alpha value is -2.56. The fraction of sp³-hybridized carbons (Fsp3) is 0.385. The molecule has 0 radical (unpaired) electrons. The van der Waals surface area contributed by atoms with Crippen molar-refractivity contribution in [3.8, 4) is 0 Å². The van der Waals surface area contributed by atoms with E-state index in [-0.39, 0.29) is 17.1 Å². The average Bonchev–Trinajstić information content (AvgIpc) is 2.99. The first-order chi connectivity index (χ1) is 11.4. The molecule has 3 N–H and O–H groups in total. The number of amides is 2. The van der Waals surface area contributed by atoms with E-state index >= 15 is 0 Å². The third kappa shape index (κ3) is 3.60. The lowest BCUT2D eigenvalue weighted by Gasteiger charge is -2.14. The van der Waals surface area contributed by atoms with Crippen LogP contribution in [0, 0.1) is 6.92 Å². The van der Waals surface area contributed by atoms with Crippen LogP contribution in [0.4, 0.5) is 18.9 Å². The first-order valence-electron chi connectivity index (χ1n) is 6.89. The molecule has 2 aromatic rings. The van der Waals surface area contributed by atoms with Crippen LogP contribution in [0.3, 0.4) is 0 Å². The van der Waals surface area contributed by atoms with Crippen molar-refractivity contribution in [2.75, 3.05) is 5.32 Å². The molecule has 0 saturated heterocycles. The quantitative estimate of drug-likeness (QED) is 0.846. The number of nitrogens with zero attached hydrogens (tertiary/aromatic N) is 4. The first-order valence-corrected chi connectivity index (χ1v) is 7.27. The highest BCUT2D eigenvalue weighted by molar-refractivity contribution is 6.32. The molecule has 0 unspecified atom stereocenters. The van der Waals surface area contributed by atoms with E-state index in [0.29, 0.717) is 0 Å². The van der Waals surface area contributed by atoms with Crippen molar-refractivity contribution in [2.45, 2.75) is 26.1 Å². The summed E-state index contributed by atoms with van der Waals surface area (Å²) in [5, 5.41) is 9.01. The summed E-state index contributed by atoms with van der Waals surface area (Å²) >= 11 is 5.67. The van der Waals surface area contributed by atoms with E-state index in [1.54, 1.807) is 0 Å². The summed E-state index contributed by atoms with van der Waals surface area (Å²) in [6.07, 6.45) is -3.40. The van der Waals surface area contributed by atoms with Gasteiger partial charge in [-0.25, -0.2) is 0 Å². The summed E-state index contributed by atoms with van der Waals surface area (Å²) in [7, 11) is 1.51. The fourth-order valence-electron chi connectivity index (χ4n) is 2.17. The maximum Gasteiger partial charge on any atom is 0.436 e. The van der Waals surface area contributed by atoms with Crippen molar-refractivity contribution in [3.63, 3.8) is 0 Å². The number of anilines is 1. The van der Waals surface area contributed by atoms with Gasteiger partial charge in [-0.05, 0) is 13.8 Å². The number of nitrogens with one attached hydrogen (secondary N) is 1. The molecule has 8 nitrogen and oxygen atoms in total. The smallest absolute Gasteiger partial charge is 0.364 e. The maximum absolute atomic E-state index is 12.9. The van der Waals surface area contributed by atoms with Crippen molar-refractivity contribution >= 4 is 29.1 Å². The van der Waals surface area contributed by atoms with Gasteiger partial charge in [-0.2, -0.15) is 23.4 Å². The first kappa shape index (κ1) is 18.8. The molecule has 2 aromatic heterocycles. The van der Waals surface area contributed by atoms with Gasteiger partial charge in [-0.15, -0.1) is 0 Å². The number of rotatable bonds is 4. The highest BCUT2D eigenvalue weighted by Gasteiger charge is 2.39. The number of carbonyl (C=O) groups is 2. The molecule has 12 heteroatoms. The molecule has 2 heterocycles. The number of hydrogen-bond acceptors (Lipinski definition) is 4. The minimum Gasteiger partial charge on any atom is -0.364 e. The van der Waals surface area contributed by atoms with Crippen molar-refractivity contribution < 1.29 is 22.8 Å². The summed E-state index contributed by atoms with van der Waals surface area (Å²) < 4.78 is 40.7. The summed E-state index contributed by atoms with van der Waals surface area (Å²) in [4.78, 5) is 23.6. The number of aryl methyl sites for hydroxylation is 1. The molecule has 0 aromatic carbocycles. The molecule has 0 fully saturated rings. The Morgan fingerprint density at radius 1 is 1.36 bits per heavy atom. The summed E-state index contributed by atoms with van der Waals surface area (Å²) in [6, 6.07) is -1.13. The normalized spacial score (nSPS) is 12.9. The van der Waals surface area contributed by atoms with Gasteiger partial charge in [0.2, 0.25) is 5.91 Å². The van der Waals surface area contributed by atoms with Crippen molar-refractivity contribution in [1.82, 2.24) is 19.6 Å². The van der Waals surface area contributed by atoms with Crippen LogP contribution in [0.15, 0.2) is 6.20 Å². The zero-order valence-corrected chi connectivity index (χ0v) is 14.1. The monoisotopic (exact) mass is 378 g/mol. The van der Waals surface area contributed by atoms with Crippen LogP contribution < -0.4 is 11.1 Å². The predicted octanol–water partition coefficient (Wildman–Crippen LogP) is 1.90. The Bertz CT molecular complexity index is 842. The molecule has 0 spiro atoms. The molecule has 25 heavy (non-hydrogen) atoms. The van der Waals surface area contributed by atoms with Gasteiger partial charge in [0.15, 0.2) is 11.4 Å². The second-order valence-electron chi connectivity index (χ2n) is 5.28. The van der Waals surface area contributed by atoms with Gasteiger partial charge in [0, 0.05) is 13.2 Å². The summed E-state index contributed by atoms with van der Waals surface area (Å²) in [6.45, 7) is 2.65. The van der Waals surface area contributed by atoms with Crippen LogP contribution in [0.1, 0.15) is 34.8 Å². The lowest BCUT2D eigenvalue weighted by molar-refractivity contribution is -0.141. The zero-order chi connectivity index (χ0) is 19.1. The second kappa shape index (κ2) is 6.39. The number of hydrogen-bond donors (Lipinski definition) is 2. The van der Waals surface area contributed by atoms with Crippen molar-refractivity contribution in [1.29, 1.82) is 0 Å². The molecule has 0 aliphatic rings. The Kier molecular flexibility index (Phi) is 4.80. The molecule has 0 saturated carbocycles. The number of alkyl halides is 3. The third-order valence-electron chi connectivity index (χ3n) is 3.41. The Balaban J connectivity index is 2.31. The van der Waals surface area contributed by atoms with Gasteiger partial charge in [-0.1, -0.05) is 11.6 Å². The lowest BCUT2D eigenvalue weighted by Crippen LogP contribution is -2.26. The summed E-state index contributed by atoms with van der Waals surface area (Å²) in [5.41, 5.74) is 3.74. The Labute approximate surface area is 144 Å². The number of carbonyl (C=O) groups excluding carboxylic acids is 2. The van der Waals surface area contributed by atoms with Gasteiger partial charge in [0.1, 0.15) is 6.04 Å². The third-order valence-corrected chi connectivity index (χ3v) is 3.86. The molecular formula is C13H14ClF3N6O2. The predicted molar refractivity (Wildman–Crippen MR) is 82.0 cm³/mol.